The highest BCUT2D eigenvalue weighted by Crippen LogP contribution is 2.29. The maximum Gasteiger partial charge on any atom is 0.166 e. The van der Waals surface area contributed by atoms with Gasteiger partial charge in [0, 0.05) is 6.42 Å². The van der Waals surface area contributed by atoms with Crippen molar-refractivity contribution in [2.45, 2.75) is 46.0 Å². The molecule has 1 fully saturated rings. The van der Waals surface area contributed by atoms with E-state index in [1.54, 1.807) is 0 Å². The van der Waals surface area contributed by atoms with Crippen molar-refractivity contribution < 1.29 is 9.47 Å². The summed E-state index contributed by atoms with van der Waals surface area (Å²) in [4.78, 5) is 0. The molecule has 0 radical (unpaired) electrons. The summed E-state index contributed by atoms with van der Waals surface area (Å²) in [7, 11) is 0. The first kappa shape index (κ1) is 9.01. The summed E-state index contributed by atoms with van der Waals surface area (Å²) in [5.41, 5.74) is 0. The number of hydrogen-bond acceptors (Lipinski definition) is 2. The zero-order valence-corrected chi connectivity index (χ0v) is 7.89. The van der Waals surface area contributed by atoms with E-state index in [0.717, 1.165) is 13.0 Å². The highest BCUT2D eigenvalue weighted by molar-refractivity contribution is 4.73. The van der Waals surface area contributed by atoms with Crippen LogP contribution in [-0.2, 0) is 9.47 Å². The Bertz CT molecular complexity index is 134. The van der Waals surface area contributed by atoms with E-state index >= 15 is 0 Å². The minimum atomic E-state index is -0.312. The smallest absolute Gasteiger partial charge is 0.166 e. The van der Waals surface area contributed by atoms with E-state index in [1.165, 1.54) is 0 Å². The minimum absolute atomic E-state index is 0.263. The molecule has 0 bridgehead atoms. The molecule has 0 amide bonds. The zero-order valence-electron chi connectivity index (χ0n) is 7.89. The summed E-state index contributed by atoms with van der Waals surface area (Å²) in [5.74, 6) is 0.318. The molecular weight excluding hydrogens is 140 g/mol. The van der Waals surface area contributed by atoms with Crippen LogP contribution in [0.5, 0.6) is 0 Å². The van der Waals surface area contributed by atoms with Gasteiger partial charge >= 0.3 is 0 Å². The maximum absolute atomic E-state index is 5.64. The number of ether oxygens (including phenoxy) is 2. The second-order valence-electron chi connectivity index (χ2n) is 3.97. The highest BCUT2D eigenvalue weighted by Gasteiger charge is 2.35. The minimum Gasteiger partial charge on any atom is -0.348 e. The van der Waals surface area contributed by atoms with E-state index in [0.29, 0.717) is 5.92 Å². The molecule has 0 unspecified atom stereocenters. The lowest BCUT2D eigenvalue weighted by atomic mass is 10.0. The average molecular weight is 158 g/mol. The van der Waals surface area contributed by atoms with Gasteiger partial charge < -0.3 is 9.47 Å². The van der Waals surface area contributed by atoms with Crippen LogP contribution in [0.15, 0.2) is 0 Å². The van der Waals surface area contributed by atoms with E-state index in [2.05, 4.69) is 13.8 Å². The molecule has 0 aliphatic carbocycles. The summed E-state index contributed by atoms with van der Waals surface area (Å²) in [6.45, 7) is 9.17. The van der Waals surface area contributed by atoms with Crippen molar-refractivity contribution >= 4 is 0 Å². The van der Waals surface area contributed by atoms with Crippen molar-refractivity contribution in [1.82, 2.24) is 0 Å². The zero-order chi connectivity index (χ0) is 8.48. The lowest BCUT2D eigenvalue weighted by Crippen LogP contribution is -2.28. The fourth-order valence-corrected chi connectivity index (χ4v) is 1.64. The van der Waals surface area contributed by atoms with E-state index in [4.69, 9.17) is 9.47 Å². The van der Waals surface area contributed by atoms with Gasteiger partial charge in [-0.15, -0.1) is 0 Å². The Morgan fingerprint density at radius 1 is 1.55 bits per heavy atom. The highest BCUT2D eigenvalue weighted by atomic mass is 16.7. The van der Waals surface area contributed by atoms with Gasteiger partial charge in [-0.05, 0) is 19.8 Å². The molecule has 1 heterocycles. The lowest BCUT2D eigenvalue weighted by molar-refractivity contribution is -0.162. The summed E-state index contributed by atoms with van der Waals surface area (Å²) in [6.07, 6.45) is 1.25. The Kier molecular flexibility index (Phi) is 2.55. The fraction of sp³-hybridized carbons (Fsp3) is 1.00. The van der Waals surface area contributed by atoms with Gasteiger partial charge in [0.25, 0.3) is 0 Å². The third kappa shape index (κ3) is 2.46. The van der Waals surface area contributed by atoms with Crippen LogP contribution >= 0.6 is 0 Å². The van der Waals surface area contributed by atoms with Crippen molar-refractivity contribution in [3.8, 4) is 0 Å². The molecule has 0 aromatic heterocycles. The van der Waals surface area contributed by atoms with Crippen LogP contribution in [0, 0.1) is 5.92 Å². The van der Waals surface area contributed by atoms with Crippen molar-refractivity contribution in [1.29, 1.82) is 0 Å². The second-order valence-corrected chi connectivity index (χ2v) is 3.97. The molecule has 11 heavy (non-hydrogen) atoms. The molecule has 0 aromatic rings. The summed E-state index contributed by atoms with van der Waals surface area (Å²) >= 11 is 0. The Hall–Kier alpha value is -0.0800. The molecule has 1 aliphatic rings. The van der Waals surface area contributed by atoms with Crippen molar-refractivity contribution in [3.63, 3.8) is 0 Å². The molecular formula is C9H18O2. The average Bonchev–Trinajstić information content (AvgIpc) is 2.08. The van der Waals surface area contributed by atoms with Gasteiger partial charge in [-0.3, -0.25) is 0 Å². The Morgan fingerprint density at radius 3 is 2.55 bits per heavy atom. The molecule has 1 rings (SSSR count). The molecule has 2 nitrogen and oxygen atoms in total. The molecule has 2 heteroatoms. The van der Waals surface area contributed by atoms with Gasteiger partial charge in [0.15, 0.2) is 5.79 Å². The quantitative estimate of drug-likeness (QED) is 0.613. The van der Waals surface area contributed by atoms with Crippen LogP contribution in [0.3, 0.4) is 0 Å². The molecule has 0 saturated carbocycles. The van der Waals surface area contributed by atoms with Crippen LogP contribution < -0.4 is 0 Å². The number of hydrogen-bond donors (Lipinski definition) is 0. The van der Waals surface area contributed by atoms with Gasteiger partial charge in [-0.2, -0.15) is 0 Å². The van der Waals surface area contributed by atoms with E-state index in [9.17, 15) is 0 Å². The van der Waals surface area contributed by atoms with E-state index in [1.807, 2.05) is 13.8 Å². The molecule has 1 saturated heterocycles. The lowest BCUT2D eigenvalue weighted by Gasteiger charge is -2.24. The largest absolute Gasteiger partial charge is 0.348 e. The van der Waals surface area contributed by atoms with Crippen LogP contribution in [-0.4, -0.2) is 18.5 Å². The third-order valence-electron chi connectivity index (χ3n) is 1.85. The molecule has 66 valence electrons. The van der Waals surface area contributed by atoms with Crippen LogP contribution in [0.25, 0.3) is 0 Å². The SMILES string of the molecule is CC(C)C[C@@]1(C)OC[C@@H](C)O1. The summed E-state index contributed by atoms with van der Waals surface area (Å²) < 4.78 is 11.2. The third-order valence-corrected chi connectivity index (χ3v) is 1.85. The monoisotopic (exact) mass is 158 g/mol. The van der Waals surface area contributed by atoms with E-state index < -0.39 is 0 Å². The van der Waals surface area contributed by atoms with Crippen molar-refractivity contribution in [2.75, 3.05) is 6.61 Å². The van der Waals surface area contributed by atoms with Gasteiger partial charge in [-0.25, -0.2) is 0 Å². The Labute approximate surface area is 68.9 Å². The van der Waals surface area contributed by atoms with Crippen LogP contribution in [0.4, 0.5) is 0 Å². The van der Waals surface area contributed by atoms with Crippen molar-refractivity contribution in [2.24, 2.45) is 5.92 Å². The van der Waals surface area contributed by atoms with E-state index in [-0.39, 0.29) is 11.9 Å². The topological polar surface area (TPSA) is 18.5 Å². The van der Waals surface area contributed by atoms with Crippen molar-refractivity contribution in [3.05, 3.63) is 0 Å². The van der Waals surface area contributed by atoms with Gasteiger partial charge in [0.2, 0.25) is 0 Å². The maximum atomic E-state index is 5.64. The summed E-state index contributed by atoms with van der Waals surface area (Å²) in [5, 5.41) is 0. The molecule has 0 N–H and O–H groups in total. The normalized spacial score (nSPS) is 38.5. The summed E-state index contributed by atoms with van der Waals surface area (Å²) in [6, 6.07) is 0. The van der Waals surface area contributed by atoms with Gasteiger partial charge in [0.1, 0.15) is 0 Å². The molecule has 2 atom stereocenters. The number of rotatable bonds is 2. The van der Waals surface area contributed by atoms with Crippen LogP contribution in [0.2, 0.25) is 0 Å². The molecule has 0 spiro atoms. The van der Waals surface area contributed by atoms with Gasteiger partial charge in [-0.1, -0.05) is 13.8 Å². The first-order valence-electron chi connectivity index (χ1n) is 4.33. The second kappa shape index (κ2) is 3.11. The first-order valence-corrected chi connectivity index (χ1v) is 4.33. The first-order chi connectivity index (χ1) is 5.02. The Morgan fingerprint density at radius 2 is 2.18 bits per heavy atom. The standard InChI is InChI=1S/C9H18O2/c1-7(2)5-9(4)10-6-8(3)11-9/h7-8H,5-6H2,1-4H3/t8-,9+/m1/s1. The fourth-order valence-electron chi connectivity index (χ4n) is 1.64. The molecule has 0 aromatic carbocycles. The predicted octanol–water partition coefficient (Wildman–Crippen LogP) is 2.18. The van der Waals surface area contributed by atoms with Gasteiger partial charge in [0.05, 0.1) is 12.7 Å². The predicted molar refractivity (Wildman–Crippen MR) is 44.4 cm³/mol. The Balaban J connectivity index is 2.42. The molecule has 1 aliphatic heterocycles. The van der Waals surface area contributed by atoms with Crippen LogP contribution in [0.1, 0.15) is 34.1 Å².